The zero-order chi connectivity index (χ0) is 45.2. The van der Waals surface area contributed by atoms with Crippen LogP contribution in [-0.4, -0.2) is 15.0 Å². The van der Waals surface area contributed by atoms with Gasteiger partial charge in [-0.25, -0.2) is 15.0 Å². The van der Waals surface area contributed by atoms with Gasteiger partial charge in [-0.3, -0.25) is 0 Å². The molecule has 1 spiro atoms. The first-order valence-electron chi connectivity index (χ1n) is 23.4. The highest BCUT2D eigenvalue weighted by atomic mass is 32.1. The van der Waals surface area contributed by atoms with Crippen LogP contribution in [-0.2, 0) is 5.41 Å². The van der Waals surface area contributed by atoms with Crippen molar-refractivity contribution in [3.63, 3.8) is 0 Å². The van der Waals surface area contributed by atoms with E-state index in [1.807, 2.05) is 30.3 Å². The molecule has 2 aliphatic rings. The van der Waals surface area contributed by atoms with E-state index in [9.17, 15) is 0 Å². The van der Waals surface area contributed by atoms with Gasteiger partial charge >= 0.3 is 0 Å². The number of aromatic nitrogens is 3. The Kier molecular flexibility index (Phi) is 8.12. The van der Waals surface area contributed by atoms with Crippen molar-refractivity contribution in [2.45, 2.75) is 5.41 Å². The number of hydrogen-bond acceptors (Lipinski definition) is 5. The van der Waals surface area contributed by atoms with E-state index < -0.39 is 5.41 Å². The number of nitrogens with zero attached hydrogens (tertiary/aromatic N) is 3. The molecular weight excluding hydrogens is 859 g/mol. The Morgan fingerprint density at radius 3 is 1.62 bits per heavy atom. The van der Waals surface area contributed by atoms with Gasteiger partial charge in [0.25, 0.3) is 0 Å². The van der Waals surface area contributed by atoms with Gasteiger partial charge in [0.15, 0.2) is 17.5 Å². The molecule has 0 fully saturated rings. The summed E-state index contributed by atoms with van der Waals surface area (Å²) in [5.41, 5.74) is 19.2. The summed E-state index contributed by atoms with van der Waals surface area (Å²) < 4.78 is 9.09. The third-order valence-corrected chi connectivity index (χ3v) is 15.7. The van der Waals surface area contributed by atoms with Crippen LogP contribution in [0.25, 0.3) is 121 Å². The van der Waals surface area contributed by atoms with Crippen molar-refractivity contribution in [3.8, 4) is 78.7 Å². The molecule has 0 aliphatic heterocycles. The summed E-state index contributed by atoms with van der Waals surface area (Å²) in [6.45, 7) is 0. The fourth-order valence-corrected chi connectivity index (χ4v) is 12.7. The molecule has 0 N–H and O–H groups in total. The predicted molar refractivity (Wildman–Crippen MR) is 283 cm³/mol. The summed E-state index contributed by atoms with van der Waals surface area (Å²) in [4.78, 5) is 15.6. The van der Waals surface area contributed by atoms with Gasteiger partial charge in [0.05, 0.1) is 5.41 Å². The molecule has 2 aliphatic carbocycles. The normalized spacial score (nSPS) is 13.0. The molecule has 10 aromatic carbocycles. The maximum Gasteiger partial charge on any atom is 0.164 e. The van der Waals surface area contributed by atoms with E-state index in [1.54, 1.807) is 11.3 Å². The summed E-state index contributed by atoms with van der Waals surface area (Å²) in [7, 11) is 0. The third kappa shape index (κ3) is 5.53. The Bertz CT molecular complexity index is 4200. The minimum atomic E-state index is -0.423. The first kappa shape index (κ1) is 38.3. The van der Waals surface area contributed by atoms with E-state index in [2.05, 4.69) is 194 Å². The van der Waals surface area contributed by atoms with Gasteiger partial charge in [-0.2, -0.15) is 0 Å². The topological polar surface area (TPSA) is 51.8 Å². The summed E-state index contributed by atoms with van der Waals surface area (Å²) in [6, 6.07) is 81.0. The zero-order valence-electron chi connectivity index (χ0n) is 37.0. The number of thiophene rings is 1. The summed E-state index contributed by atoms with van der Waals surface area (Å²) >= 11 is 1.81. The lowest BCUT2D eigenvalue weighted by Gasteiger charge is -2.32. The van der Waals surface area contributed by atoms with E-state index in [-0.39, 0.29) is 0 Å². The first-order chi connectivity index (χ1) is 34.2. The molecule has 0 bridgehead atoms. The van der Waals surface area contributed by atoms with Crippen LogP contribution in [0.15, 0.2) is 229 Å². The molecule has 0 saturated carbocycles. The van der Waals surface area contributed by atoms with Crippen molar-refractivity contribution in [2.75, 3.05) is 0 Å². The average Bonchev–Trinajstić information content (AvgIpc) is 4.16. The van der Waals surface area contributed by atoms with Crippen LogP contribution in [0.4, 0.5) is 0 Å². The maximum atomic E-state index is 6.59. The number of rotatable bonds is 5. The molecular formula is C64H37N3OS. The number of benzene rings is 10. The molecule has 3 heterocycles. The Balaban J connectivity index is 0.859. The number of hydrogen-bond donors (Lipinski definition) is 0. The zero-order valence-corrected chi connectivity index (χ0v) is 37.8. The molecule has 0 atom stereocenters. The smallest absolute Gasteiger partial charge is 0.164 e. The van der Waals surface area contributed by atoms with Crippen molar-refractivity contribution in [3.05, 3.63) is 247 Å². The average molecular weight is 896 g/mol. The lowest BCUT2D eigenvalue weighted by molar-refractivity contribution is 0.669. The van der Waals surface area contributed by atoms with Crippen molar-refractivity contribution in [1.29, 1.82) is 0 Å². The fourth-order valence-electron chi connectivity index (χ4n) is 11.6. The van der Waals surface area contributed by atoms with E-state index in [4.69, 9.17) is 19.4 Å². The van der Waals surface area contributed by atoms with Gasteiger partial charge in [-0.1, -0.05) is 182 Å². The summed E-state index contributed by atoms with van der Waals surface area (Å²) in [5.74, 6) is 1.85. The predicted octanol–water partition coefficient (Wildman–Crippen LogP) is 16.8. The molecule has 5 heteroatoms. The second kappa shape index (κ2) is 14.6. The van der Waals surface area contributed by atoms with Crippen LogP contribution in [0.2, 0.25) is 0 Å². The summed E-state index contributed by atoms with van der Waals surface area (Å²) in [5, 5.41) is 4.42. The van der Waals surface area contributed by atoms with Crippen LogP contribution < -0.4 is 0 Å². The highest BCUT2D eigenvalue weighted by molar-refractivity contribution is 7.25. The third-order valence-electron chi connectivity index (χ3n) is 14.6. The molecule has 3 aromatic heterocycles. The fraction of sp³-hybridized carbons (Fsp3) is 0.0156. The van der Waals surface area contributed by atoms with Crippen LogP contribution in [0.1, 0.15) is 22.3 Å². The molecule has 69 heavy (non-hydrogen) atoms. The lowest BCUT2D eigenvalue weighted by Crippen LogP contribution is -2.26. The van der Waals surface area contributed by atoms with Crippen LogP contribution in [0, 0.1) is 0 Å². The van der Waals surface area contributed by atoms with Gasteiger partial charge in [0.2, 0.25) is 0 Å². The highest BCUT2D eigenvalue weighted by Gasteiger charge is 2.52. The van der Waals surface area contributed by atoms with E-state index in [0.717, 1.165) is 49.8 Å². The minimum absolute atomic E-state index is 0.423. The van der Waals surface area contributed by atoms with Crippen molar-refractivity contribution in [1.82, 2.24) is 15.0 Å². The lowest BCUT2D eigenvalue weighted by atomic mass is 9.68. The molecule has 0 amide bonds. The monoisotopic (exact) mass is 895 g/mol. The largest absolute Gasteiger partial charge is 0.456 e. The maximum absolute atomic E-state index is 6.59. The van der Waals surface area contributed by atoms with E-state index in [0.29, 0.717) is 17.5 Å². The van der Waals surface area contributed by atoms with Crippen LogP contribution in [0.3, 0.4) is 0 Å². The molecule has 0 saturated heterocycles. The Hall–Kier alpha value is -8.77. The molecule has 4 nitrogen and oxygen atoms in total. The van der Waals surface area contributed by atoms with E-state index in [1.165, 1.54) is 75.8 Å². The highest BCUT2D eigenvalue weighted by Crippen LogP contribution is 2.64. The Morgan fingerprint density at radius 1 is 0.319 bits per heavy atom. The second-order valence-corrected chi connectivity index (χ2v) is 19.2. The number of fused-ring (bicyclic) bond motifs is 16. The van der Waals surface area contributed by atoms with Crippen LogP contribution >= 0.6 is 11.3 Å². The van der Waals surface area contributed by atoms with Gasteiger partial charge in [-0.05, 0) is 109 Å². The van der Waals surface area contributed by atoms with E-state index >= 15 is 0 Å². The molecule has 0 radical (unpaired) electrons. The Labute approximate surface area is 401 Å². The quantitative estimate of drug-likeness (QED) is 0.173. The summed E-state index contributed by atoms with van der Waals surface area (Å²) in [6.07, 6.45) is 0. The van der Waals surface area contributed by atoms with Crippen molar-refractivity contribution < 1.29 is 4.42 Å². The van der Waals surface area contributed by atoms with Gasteiger partial charge in [0.1, 0.15) is 11.2 Å². The van der Waals surface area contributed by atoms with Crippen LogP contribution in [0.5, 0.6) is 0 Å². The van der Waals surface area contributed by atoms with Gasteiger partial charge in [0, 0.05) is 47.6 Å². The molecule has 320 valence electrons. The van der Waals surface area contributed by atoms with Crippen molar-refractivity contribution in [2.24, 2.45) is 0 Å². The Morgan fingerprint density at radius 2 is 0.855 bits per heavy atom. The molecule has 13 aromatic rings. The standard InChI is InChI=1S/C64H37N3OS/c1-2-14-40(15-3-1)61-65-62(42-33-35-58-50(37-42)47-19-7-11-27-57(47)69-58)67-63(66-61)49-22-13-26-56-59(49)51-36-41(32-34-55(51)68-56)38-28-30-39(31-29-38)43-20-12-21-48-46-18-6-10-25-54(46)64(60(43)48)52-23-8-4-16-44(52)45-17-5-9-24-53(45)64/h1-37H. The number of furan rings is 1. The van der Waals surface area contributed by atoms with Gasteiger partial charge in [-0.15, -0.1) is 11.3 Å². The van der Waals surface area contributed by atoms with Crippen molar-refractivity contribution >= 4 is 53.4 Å². The SMILES string of the molecule is c1ccc(-c2nc(-c3ccc4sc5ccccc5c4c3)nc(-c3cccc4oc5ccc(-c6ccc(-c7cccc8c7C7(c9ccccc9-c9ccccc97)c7ccccc7-8)cc6)cc5c34)n2)cc1. The second-order valence-electron chi connectivity index (χ2n) is 18.2. The first-order valence-corrected chi connectivity index (χ1v) is 24.2. The van der Waals surface area contributed by atoms with Gasteiger partial charge < -0.3 is 4.42 Å². The molecule has 0 unspecified atom stereocenters. The minimum Gasteiger partial charge on any atom is -0.456 e. The molecule has 15 rings (SSSR count).